The SMILES string of the molecule is CC(C)OC(=O)Nc1ccc2c(ccn2-c2ccc(OC3CCN(C(=O)O)C(C(C)(C)C)C3)cn2)c1. The highest BCUT2D eigenvalue weighted by Gasteiger charge is 2.39. The molecule has 9 nitrogen and oxygen atoms in total. The van der Waals surface area contributed by atoms with E-state index in [4.69, 9.17) is 9.47 Å². The molecule has 0 spiro atoms. The summed E-state index contributed by atoms with van der Waals surface area (Å²) in [6.07, 6.45) is 3.29. The van der Waals surface area contributed by atoms with Crippen molar-refractivity contribution >= 4 is 28.8 Å². The number of benzene rings is 1. The monoisotopic (exact) mass is 494 g/mol. The van der Waals surface area contributed by atoms with Crippen LogP contribution in [0.4, 0.5) is 15.3 Å². The summed E-state index contributed by atoms with van der Waals surface area (Å²) >= 11 is 0. The van der Waals surface area contributed by atoms with E-state index < -0.39 is 12.2 Å². The van der Waals surface area contributed by atoms with Crippen LogP contribution >= 0.6 is 0 Å². The highest BCUT2D eigenvalue weighted by atomic mass is 16.6. The van der Waals surface area contributed by atoms with Crippen molar-refractivity contribution in [3.8, 4) is 11.6 Å². The molecule has 0 aliphatic carbocycles. The predicted octanol–water partition coefficient (Wildman–Crippen LogP) is 5.92. The number of amides is 2. The van der Waals surface area contributed by atoms with E-state index in [9.17, 15) is 14.7 Å². The maximum Gasteiger partial charge on any atom is 0.411 e. The highest BCUT2D eigenvalue weighted by molar-refractivity contribution is 5.91. The Hall–Kier alpha value is -3.75. The Labute approximate surface area is 211 Å². The number of fused-ring (bicyclic) bond motifs is 1. The highest BCUT2D eigenvalue weighted by Crippen LogP contribution is 2.34. The molecule has 0 bridgehead atoms. The number of ether oxygens (including phenoxy) is 2. The maximum absolute atomic E-state index is 11.9. The summed E-state index contributed by atoms with van der Waals surface area (Å²) in [6.45, 7) is 10.2. The van der Waals surface area contributed by atoms with Gasteiger partial charge in [-0.15, -0.1) is 0 Å². The molecule has 1 aliphatic heterocycles. The van der Waals surface area contributed by atoms with E-state index in [0.717, 1.165) is 16.7 Å². The lowest BCUT2D eigenvalue weighted by Gasteiger charge is -2.44. The molecule has 3 heterocycles. The average Bonchev–Trinajstić information content (AvgIpc) is 3.21. The second-order valence-electron chi connectivity index (χ2n) is 10.5. The number of likely N-dealkylation sites (tertiary alicyclic amines) is 1. The summed E-state index contributed by atoms with van der Waals surface area (Å²) in [4.78, 5) is 29.7. The van der Waals surface area contributed by atoms with E-state index in [1.54, 1.807) is 20.0 Å². The average molecular weight is 495 g/mol. The van der Waals surface area contributed by atoms with Crippen LogP contribution in [0.15, 0.2) is 48.8 Å². The molecule has 0 radical (unpaired) electrons. The molecule has 1 aromatic carbocycles. The molecule has 4 rings (SSSR count). The molecular formula is C27H34N4O5. The first-order valence-electron chi connectivity index (χ1n) is 12.2. The van der Waals surface area contributed by atoms with Gasteiger partial charge in [-0.1, -0.05) is 20.8 Å². The number of aromatic nitrogens is 2. The number of carboxylic acid groups (broad SMARTS) is 1. The Morgan fingerprint density at radius 3 is 2.58 bits per heavy atom. The number of carbonyl (C=O) groups excluding carboxylic acids is 1. The largest absolute Gasteiger partial charge is 0.489 e. The maximum atomic E-state index is 11.9. The summed E-state index contributed by atoms with van der Waals surface area (Å²) in [7, 11) is 0. The first-order chi connectivity index (χ1) is 17.0. The van der Waals surface area contributed by atoms with Gasteiger partial charge in [0.05, 0.1) is 17.8 Å². The van der Waals surface area contributed by atoms with Gasteiger partial charge >= 0.3 is 12.2 Å². The Kier molecular flexibility index (Phi) is 7.10. The second kappa shape index (κ2) is 10.1. The van der Waals surface area contributed by atoms with Crippen LogP contribution in [0.3, 0.4) is 0 Å². The molecular weight excluding hydrogens is 460 g/mol. The van der Waals surface area contributed by atoms with Crippen molar-refractivity contribution in [2.24, 2.45) is 5.41 Å². The zero-order chi connectivity index (χ0) is 26.0. The number of nitrogens with zero attached hydrogens (tertiary/aromatic N) is 3. The van der Waals surface area contributed by atoms with E-state index in [2.05, 4.69) is 31.1 Å². The van der Waals surface area contributed by atoms with Crippen molar-refractivity contribution in [2.75, 3.05) is 11.9 Å². The molecule has 36 heavy (non-hydrogen) atoms. The number of anilines is 1. The zero-order valence-corrected chi connectivity index (χ0v) is 21.4. The molecule has 2 unspecified atom stereocenters. The third kappa shape index (κ3) is 5.72. The summed E-state index contributed by atoms with van der Waals surface area (Å²) < 4.78 is 13.3. The van der Waals surface area contributed by atoms with E-state index in [1.807, 2.05) is 47.2 Å². The van der Waals surface area contributed by atoms with Crippen LogP contribution in [0, 0.1) is 5.41 Å². The fraction of sp³-hybridized carbons (Fsp3) is 0.444. The molecule has 0 saturated carbocycles. The first kappa shape index (κ1) is 25.3. The van der Waals surface area contributed by atoms with Crippen molar-refractivity contribution < 1.29 is 24.2 Å². The van der Waals surface area contributed by atoms with Crippen LogP contribution < -0.4 is 10.1 Å². The number of carbonyl (C=O) groups is 2. The van der Waals surface area contributed by atoms with Gasteiger partial charge in [0.1, 0.15) is 17.7 Å². The third-order valence-corrected chi connectivity index (χ3v) is 6.35. The van der Waals surface area contributed by atoms with E-state index >= 15 is 0 Å². The van der Waals surface area contributed by atoms with Crippen LogP contribution in [0.25, 0.3) is 16.7 Å². The van der Waals surface area contributed by atoms with E-state index in [0.29, 0.717) is 30.8 Å². The van der Waals surface area contributed by atoms with Gasteiger partial charge in [0.25, 0.3) is 0 Å². The van der Waals surface area contributed by atoms with Crippen LogP contribution in [0.1, 0.15) is 47.5 Å². The first-order valence-corrected chi connectivity index (χ1v) is 12.2. The van der Waals surface area contributed by atoms with Gasteiger partial charge in [0.2, 0.25) is 0 Å². The normalized spacial score (nSPS) is 18.3. The molecule has 1 fully saturated rings. The van der Waals surface area contributed by atoms with Crippen LogP contribution in [0.5, 0.6) is 5.75 Å². The Bertz CT molecular complexity index is 1230. The lowest BCUT2D eigenvalue weighted by atomic mass is 9.80. The van der Waals surface area contributed by atoms with Gasteiger partial charge < -0.3 is 24.0 Å². The fourth-order valence-electron chi connectivity index (χ4n) is 4.65. The van der Waals surface area contributed by atoms with Crippen LogP contribution in [-0.2, 0) is 4.74 Å². The summed E-state index contributed by atoms with van der Waals surface area (Å²) in [6, 6.07) is 11.3. The molecule has 9 heteroatoms. The molecule has 3 aromatic rings. The summed E-state index contributed by atoms with van der Waals surface area (Å²) in [5.74, 6) is 1.40. The van der Waals surface area contributed by atoms with Gasteiger partial charge in [-0.05, 0) is 55.7 Å². The number of pyridine rings is 1. The Morgan fingerprint density at radius 2 is 1.94 bits per heavy atom. The van der Waals surface area contributed by atoms with Crippen molar-refractivity contribution in [1.82, 2.24) is 14.5 Å². The number of rotatable bonds is 5. The van der Waals surface area contributed by atoms with E-state index in [1.165, 1.54) is 4.90 Å². The molecule has 2 aromatic heterocycles. The molecule has 2 N–H and O–H groups in total. The van der Waals surface area contributed by atoms with Crippen LogP contribution in [-0.4, -0.2) is 56.5 Å². The number of hydrogen-bond acceptors (Lipinski definition) is 5. The Morgan fingerprint density at radius 1 is 1.17 bits per heavy atom. The number of hydrogen-bond donors (Lipinski definition) is 2. The molecule has 1 aliphatic rings. The van der Waals surface area contributed by atoms with Gasteiger partial charge in [0, 0.05) is 42.7 Å². The van der Waals surface area contributed by atoms with Gasteiger partial charge in [-0.3, -0.25) is 5.32 Å². The predicted molar refractivity (Wildman–Crippen MR) is 138 cm³/mol. The summed E-state index contributed by atoms with van der Waals surface area (Å²) in [5.41, 5.74) is 1.43. The molecule has 1 saturated heterocycles. The minimum absolute atomic E-state index is 0.0711. The minimum Gasteiger partial charge on any atom is -0.489 e. The lowest BCUT2D eigenvalue weighted by molar-refractivity contribution is 0.0129. The summed E-state index contributed by atoms with van der Waals surface area (Å²) in [5, 5.41) is 13.3. The van der Waals surface area contributed by atoms with Gasteiger partial charge in [-0.25, -0.2) is 14.6 Å². The van der Waals surface area contributed by atoms with Crippen molar-refractivity contribution in [1.29, 1.82) is 0 Å². The topological polar surface area (TPSA) is 106 Å². The molecule has 2 atom stereocenters. The van der Waals surface area contributed by atoms with Crippen molar-refractivity contribution in [3.63, 3.8) is 0 Å². The molecule has 2 amide bonds. The van der Waals surface area contributed by atoms with Crippen LogP contribution in [0.2, 0.25) is 0 Å². The van der Waals surface area contributed by atoms with Gasteiger partial charge in [0.15, 0.2) is 0 Å². The standard InChI is InChI=1S/C27H34N4O5/c1-17(2)35-25(32)29-19-6-8-22-18(14-19)10-12-30(22)24-9-7-21(16-28-24)36-20-11-13-31(26(33)34)23(15-20)27(3,4)5/h6-10,12,14,16-17,20,23H,11,13,15H2,1-5H3,(H,29,32)(H,33,34). The van der Waals surface area contributed by atoms with Gasteiger partial charge in [-0.2, -0.15) is 0 Å². The minimum atomic E-state index is -0.878. The lowest BCUT2D eigenvalue weighted by Crippen LogP contribution is -2.53. The number of nitrogens with one attached hydrogen (secondary N) is 1. The smallest absolute Gasteiger partial charge is 0.411 e. The fourth-order valence-corrected chi connectivity index (χ4v) is 4.65. The van der Waals surface area contributed by atoms with Crippen molar-refractivity contribution in [2.45, 2.75) is 65.7 Å². The zero-order valence-electron chi connectivity index (χ0n) is 21.4. The van der Waals surface area contributed by atoms with Crippen molar-refractivity contribution in [3.05, 3.63) is 48.8 Å². The number of piperidine rings is 1. The second-order valence-corrected chi connectivity index (χ2v) is 10.5. The third-order valence-electron chi connectivity index (χ3n) is 6.35. The van der Waals surface area contributed by atoms with E-state index in [-0.39, 0.29) is 23.7 Å². The molecule has 192 valence electrons. The quantitative estimate of drug-likeness (QED) is 0.456. The Balaban J connectivity index is 1.44.